The third kappa shape index (κ3) is 1.74. The van der Waals surface area contributed by atoms with E-state index in [0.29, 0.717) is 0 Å². The summed E-state index contributed by atoms with van der Waals surface area (Å²) in [6.07, 6.45) is 1.06. The van der Waals surface area contributed by atoms with E-state index >= 15 is 0 Å². The van der Waals surface area contributed by atoms with E-state index in [0.717, 1.165) is 6.26 Å². The van der Waals surface area contributed by atoms with Gasteiger partial charge in [-0.25, -0.2) is 8.42 Å². The molecule has 0 aliphatic rings. The van der Waals surface area contributed by atoms with Gasteiger partial charge in [0, 0.05) is 20.4 Å². The highest BCUT2D eigenvalue weighted by Crippen LogP contribution is 2.28. The summed E-state index contributed by atoms with van der Waals surface area (Å²) in [6.45, 7) is 0. The molecule has 74 valence electrons. The number of aromatic nitrogens is 1. The van der Waals surface area contributed by atoms with Crippen LogP contribution in [-0.2, 0) is 9.84 Å². The largest absolute Gasteiger partial charge is 0.366 e. The van der Waals surface area contributed by atoms with Gasteiger partial charge in [-0.2, -0.15) is 0 Å². The predicted molar refractivity (Wildman–Crippen MR) is 48.4 cm³/mol. The average molecular weight is 205 g/mol. The van der Waals surface area contributed by atoms with Gasteiger partial charge in [-0.05, 0) is 0 Å². The highest BCUT2D eigenvalue weighted by molar-refractivity contribution is 7.91. The number of rotatable bonds is 2. The van der Waals surface area contributed by atoms with E-state index in [1.165, 1.54) is 4.90 Å². The normalized spacial score (nSPS) is 11.6. The molecule has 13 heavy (non-hydrogen) atoms. The highest BCUT2D eigenvalue weighted by Gasteiger charge is 2.24. The first-order chi connectivity index (χ1) is 5.84. The van der Waals surface area contributed by atoms with Crippen LogP contribution in [0.25, 0.3) is 0 Å². The molecule has 0 aliphatic heterocycles. The Morgan fingerprint density at radius 2 is 2.00 bits per heavy atom. The van der Waals surface area contributed by atoms with Gasteiger partial charge in [0.2, 0.25) is 5.88 Å². The Bertz CT molecular complexity index is 407. The van der Waals surface area contributed by atoms with Crippen LogP contribution in [0.4, 0.5) is 11.7 Å². The molecule has 1 rings (SSSR count). The first-order valence-corrected chi connectivity index (χ1v) is 5.35. The number of nitrogen functional groups attached to an aromatic ring is 1. The zero-order chi connectivity index (χ0) is 10.2. The average Bonchev–Trinajstić information content (AvgIpc) is 2.28. The number of nitrogens with zero attached hydrogens (tertiary/aromatic N) is 2. The maximum absolute atomic E-state index is 11.2. The number of nitrogens with two attached hydrogens (primary N) is 1. The third-order valence-electron chi connectivity index (χ3n) is 1.45. The summed E-state index contributed by atoms with van der Waals surface area (Å²) in [5.41, 5.74) is 5.33. The predicted octanol–water partition coefficient (Wildman–Crippen LogP) is -0.274. The Hall–Kier alpha value is -1.24. The Balaban J connectivity index is 3.42. The summed E-state index contributed by atoms with van der Waals surface area (Å²) in [5.74, 6) is 0.0474. The van der Waals surface area contributed by atoms with Crippen LogP contribution in [0.1, 0.15) is 0 Å². The molecule has 6 nitrogen and oxygen atoms in total. The summed E-state index contributed by atoms with van der Waals surface area (Å²) in [6, 6.07) is 0. The van der Waals surface area contributed by atoms with Gasteiger partial charge in [0.1, 0.15) is 0 Å². The second kappa shape index (κ2) is 2.91. The highest BCUT2D eigenvalue weighted by atomic mass is 32.2. The van der Waals surface area contributed by atoms with Gasteiger partial charge in [-0.3, -0.25) is 0 Å². The lowest BCUT2D eigenvalue weighted by molar-refractivity contribution is 0.436. The summed E-state index contributed by atoms with van der Waals surface area (Å²) in [4.78, 5) is 1.47. The molecule has 0 saturated heterocycles. The van der Waals surface area contributed by atoms with E-state index in [9.17, 15) is 8.42 Å². The van der Waals surface area contributed by atoms with Gasteiger partial charge in [0.25, 0.3) is 0 Å². The van der Waals surface area contributed by atoms with Crippen molar-refractivity contribution in [2.75, 3.05) is 31.0 Å². The van der Waals surface area contributed by atoms with Crippen molar-refractivity contribution in [3.63, 3.8) is 0 Å². The zero-order valence-electron chi connectivity index (χ0n) is 7.60. The van der Waals surface area contributed by atoms with E-state index in [-0.39, 0.29) is 16.6 Å². The van der Waals surface area contributed by atoms with E-state index < -0.39 is 9.84 Å². The lowest BCUT2D eigenvalue weighted by atomic mass is 10.5. The SMILES string of the molecule is CN(C)c1noc(N)c1S(C)(=O)=O. The van der Waals surface area contributed by atoms with Crippen LogP contribution in [0.5, 0.6) is 0 Å². The summed E-state index contributed by atoms with van der Waals surface area (Å²) < 4.78 is 27.1. The first kappa shape index (κ1) is 9.85. The van der Waals surface area contributed by atoms with Gasteiger partial charge in [-0.15, -0.1) is 0 Å². The smallest absolute Gasteiger partial charge is 0.243 e. The van der Waals surface area contributed by atoms with Gasteiger partial charge < -0.3 is 15.2 Å². The molecule has 0 unspecified atom stereocenters. The van der Waals surface area contributed by atoms with Crippen LogP contribution in [0.3, 0.4) is 0 Å². The molecule has 1 aromatic rings. The fraction of sp³-hybridized carbons (Fsp3) is 0.500. The molecule has 2 N–H and O–H groups in total. The van der Waals surface area contributed by atoms with Crippen molar-refractivity contribution >= 4 is 21.5 Å². The second-order valence-electron chi connectivity index (χ2n) is 2.87. The van der Waals surface area contributed by atoms with Crippen LogP contribution >= 0.6 is 0 Å². The molecule has 0 radical (unpaired) electrons. The Kier molecular flexibility index (Phi) is 2.21. The van der Waals surface area contributed by atoms with Crippen molar-refractivity contribution in [2.24, 2.45) is 0 Å². The van der Waals surface area contributed by atoms with Crippen molar-refractivity contribution in [1.82, 2.24) is 5.16 Å². The molecule has 1 aromatic heterocycles. The molecule has 0 aliphatic carbocycles. The molecule has 0 saturated carbocycles. The van der Waals surface area contributed by atoms with Crippen molar-refractivity contribution in [1.29, 1.82) is 0 Å². The lowest BCUT2D eigenvalue weighted by Gasteiger charge is -2.08. The molecule has 1 heterocycles. The van der Waals surface area contributed by atoms with Crippen LogP contribution < -0.4 is 10.6 Å². The fourth-order valence-electron chi connectivity index (χ4n) is 0.919. The van der Waals surface area contributed by atoms with Gasteiger partial charge >= 0.3 is 0 Å². The number of hydrogen-bond donors (Lipinski definition) is 1. The van der Waals surface area contributed by atoms with Crippen LogP contribution in [0, 0.1) is 0 Å². The Morgan fingerprint density at radius 3 is 2.31 bits per heavy atom. The first-order valence-electron chi connectivity index (χ1n) is 3.46. The van der Waals surface area contributed by atoms with Crippen molar-refractivity contribution in [3.05, 3.63) is 0 Å². The topological polar surface area (TPSA) is 89.4 Å². The fourth-order valence-corrected chi connectivity index (χ4v) is 1.87. The van der Waals surface area contributed by atoms with Crippen molar-refractivity contribution < 1.29 is 12.9 Å². The molecular formula is C6H11N3O3S. The maximum Gasteiger partial charge on any atom is 0.243 e. The molecule has 0 aromatic carbocycles. The van der Waals surface area contributed by atoms with Gasteiger partial charge in [0.15, 0.2) is 20.6 Å². The quantitative estimate of drug-likeness (QED) is 0.714. The van der Waals surface area contributed by atoms with E-state index in [2.05, 4.69) is 9.68 Å². The molecule has 0 fully saturated rings. The third-order valence-corrected chi connectivity index (χ3v) is 2.58. The summed E-state index contributed by atoms with van der Waals surface area (Å²) in [5, 5.41) is 3.53. The summed E-state index contributed by atoms with van der Waals surface area (Å²) >= 11 is 0. The minimum absolute atomic E-state index is 0.0579. The molecule has 0 amide bonds. The lowest BCUT2D eigenvalue weighted by Crippen LogP contribution is -2.13. The van der Waals surface area contributed by atoms with Crippen molar-refractivity contribution in [2.45, 2.75) is 4.90 Å². The van der Waals surface area contributed by atoms with Crippen molar-refractivity contribution in [3.8, 4) is 0 Å². The van der Waals surface area contributed by atoms with E-state index in [1.807, 2.05) is 0 Å². The monoisotopic (exact) mass is 205 g/mol. The molecule has 0 atom stereocenters. The van der Waals surface area contributed by atoms with Crippen LogP contribution in [0.2, 0.25) is 0 Å². The van der Waals surface area contributed by atoms with Crippen LogP contribution in [0.15, 0.2) is 9.42 Å². The number of sulfone groups is 1. The van der Waals surface area contributed by atoms with E-state index in [4.69, 9.17) is 5.73 Å². The standard InChI is InChI=1S/C6H11N3O3S/c1-9(2)6-4(13(3,10)11)5(7)12-8-6/h7H2,1-3H3. The second-order valence-corrected chi connectivity index (χ2v) is 4.82. The number of hydrogen-bond acceptors (Lipinski definition) is 6. The molecule has 0 bridgehead atoms. The van der Waals surface area contributed by atoms with Gasteiger partial charge in [-0.1, -0.05) is 5.16 Å². The minimum atomic E-state index is -3.39. The zero-order valence-corrected chi connectivity index (χ0v) is 8.42. The molecule has 7 heteroatoms. The maximum atomic E-state index is 11.2. The minimum Gasteiger partial charge on any atom is -0.366 e. The molecular weight excluding hydrogens is 194 g/mol. The number of anilines is 2. The van der Waals surface area contributed by atoms with E-state index in [1.54, 1.807) is 14.1 Å². The van der Waals surface area contributed by atoms with Gasteiger partial charge in [0.05, 0.1) is 0 Å². The molecule has 0 spiro atoms. The Labute approximate surface area is 76.2 Å². The summed E-state index contributed by atoms with van der Waals surface area (Å²) in [7, 11) is -0.0713. The van der Waals surface area contributed by atoms with Crippen LogP contribution in [-0.4, -0.2) is 33.9 Å². The Morgan fingerprint density at radius 1 is 1.46 bits per heavy atom.